The van der Waals surface area contributed by atoms with E-state index in [1.807, 2.05) is 47.3 Å². The maximum atomic E-state index is 12.7. The fraction of sp³-hybridized carbons (Fsp3) is 0.208. The van der Waals surface area contributed by atoms with E-state index >= 15 is 0 Å². The second-order valence-corrected chi connectivity index (χ2v) is 7.35. The summed E-state index contributed by atoms with van der Waals surface area (Å²) in [5.41, 5.74) is 8.44. The van der Waals surface area contributed by atoms with Crippen molar-refractivity contribution in [3.8, 4) is 5.69 Å². The van der Waals surface area contributed by atoms with Crippen LogP contribution in [0.1, 0.15) is 28.4 Å². The monoisotopic (exact) mass is 418 g/mol. The molecule has 2 atom stereocenters. The highest BCUT2D eigenvalue weighted by Crippen LogP contribution is 2.17. The van der Waals surface area contributed by atoms with Crippen LogP contribution in [0.3, 0.4) is 0 Å². The van der Waals surface area contributed by atoms with Crippen molar-refractivity contribution in [2.24, 2.45) is 11.7 Å². The van der Waals surface area contributed by atoms with Gasteiger partial charge in [0.2, 0.25) is 0 Å². The number of benzene rings is 2. The van der Waals surface area contributed by atoms with Crippen molar-refractivity contribution >= 4 is 17.7 Å². The molecule has 3 rings (SSSR count). The summed E-state index contributed by atoms with van der Waals surface area (Å²) in [7, 11) is 1.33. The number of esters is 1. The standard InChI is InChI=1S/C24H26N4O3/c1-16(21(24(30)31-2)15-17-6-5-7-19(14-17)22(25)26)27-23(29)18-8-10-20(11-9-18)28-12-3-4-13-28/h3-14,16,21H,15H2,1-2H3,(H3,25,26)(H,27,29). The number of aromatic nitrogens is 1. The number of carbonyl (C=O) groups excluding carboxylic acids is 2. The third-order valence-electron chi connectivity index (χ3n) is 5.19. The van der Waals surface area contributed by atoms with Gasteiger partial charge in [0.05, 0.1) is 13.0 Å². The molecule has 0 saturated carbocycles. The van der Waals surface area contributed by atoms with E-state index in [0.29, 0.717) is 17.5 Å². The van der Waals surface area contributed by atoms with E-state index in [1.54, 1.807) is 37.3 Å². The Morgan fingerprint density at radius 2 is 1.74 bits per heavy atom. The number of nitrogens with two attached hydrogens (primary N) is 1. The van der Waals surface area contributed by atoms with Crippen molar-refractivity contribution in [3.05, 3.63) is 89.7 Å². The minimum absolute atomic E-state index is 0.0406. The van der Waals surface area contributed by atoms with Crippen LogP contribution in [0.15, 0.2) is 73.1 Å². The average Bonchev–Trinajstić information content (AvgIpc) is 3.32. The van der Waals surface area contributed by atoms with Crippen molar-refractivity contribution < 1.29 is 14.3 Å². The summed E-state index contributed by atoms with van der Waals surface area (Å²) in [6, 6.07) is 17.8. The lowest BCUT2D eigenvalue weighted by atomic mass is 9.92. The highest BCUT2D eigenvalue weighted by Gasteiger charge is 2.28. The predicted octanol–water partition coefficient (Wildman–Crippen LogP) is 2.91. The second kappa shape index (κ2) is 9.75. The van der Waals surface area contributed by atoms with Crippen LogP contribution in [0.25, 0.3) is 5.69 Å². The first-order valence-electron chi connectivity index (χ1n) is 9.94. The van der Waals surface area contributed by atoms with Gasteiger partial charge in [-0.05, 0) is 61.4 Å². The number of nitrogens with zero attached hydrogens (tertiary/aromatic N) is 1. The first kappa shape index (κ1) is 21.8. The molecule has 0 aliphatic heterocycles. The minimum Gasteiger partial charge on any atom is -0.469 e. The highest BCUT2D eigenvalue weighted by molar-refractivity contribution is 5.95. The summed E-state index contributed by atoms with van der Waals surface area (Å²) < 4.78 is 6.92. The Morgan fingerprint density at radius 1 is 1.06 bits per heavy atom. The number of nitrogen functional groups attached to an aromatic ring is 1. The van der Waals surface area contributed by atoms with E-state index in [2.05, 4.69) is 5.32 Å². The number of hydrogen-bond donors (Lipinski definition) is 3. The van der Waals surface area contributed by atoms with Crippen LogP contribution in [0.5, 0.6) is 0 Å². The van der Waals surface area contributed by atoms with Gasteiger partial charge in [0.15, 0.2) is 0 Å². The summed E-state index contributed by atoms with van der Waals surface area (Å²) in [5, 5.41) is 10.5. The highest BCUT2D eigenvalue weighted by atomic mass is 16.5. The van der Waals surface area contributed by atoms with E-state index in [4.69, 9.17) is 15.9 Å². The molecule has 0 aliphatic carbocycles. The van der Waals surface area contributed by atoms with Gasteiger partial charge >= 0.3 is 5.97 Å². The van der Waals surface area contributed by atoms with Gasteiger partial charge < -0.3 is 20.4 Å². The minimum atomic E-state index is -0.588. The van der Waals surface area contributed by atoms with Gasteiger partial charge in [-0.2, -0.15) is 0 Å². The Morgan fingerprint density at radius 3 is 2.35 bits per heavy atom. The van der Waals surface area contributed by atoms with Crippen LogP contribution in [0.4, 0.5) is 0 Å². The quantitative estimate of drug-likeness (QED) is 0.297. The maximum absolute atomic E-state index is 12.7. The summed E-state index contributed by atoms with van der Waals surface area (Å²) in [5.74, 6) is -1.31. The largest absolute Gasteiger partial charge is 0.469 e. The van der Waals surface area contributed by atoms with Crippen LogP contribution in [0, 0.1) is 11.3 Å². The van der Waals surface area contributed by atoms with Gasteiger partial charge in [0, 0.05) is 35.2 Å². The lowest BCUT2D eigenvalue weighted by Crippen LogP contribution is -2.42. The Kier molecular flexibility index (Phi) is 6.87. The van der Waals surface area contributed by atoms with Gasteiger partial charge in [-0.25, -0.2) is 0 Å². The molecular weight excluding hydrogens is 392 g/mol. The predicted molar refractivity (Wildman–Crippen MR) is 119 cm³/mol. The van der Waals surface area contributed by atoms with Gasteiger partial charge in [-0.15, -0.1) is 0 Å². The molecule has 0 radical (unpaired) electrons. The molecule has 0 bridgehead atoms. The Balaban J connectivity index is 1.72. The molecule has 2 aromatic carbocycles. The van der Waals surface area contributed by atoms with Crippen LogP contribution >= 0.6 is 0 Å². The number of nitrogens with one attached hydrogen (secondary N) is 2. The van der Waals surface area contributed by atoms with Gasteiger partial charge in [0.25, 0.3) is 5.91 Å². The molecule has 3 aromatic rings. The lowest BCUT2D eigenvalue weighted by molar-refractivity contribution is -0.146. The van der Waals surface area contributed by atoms with Crippen molar-refractivity contribution in [1.82, 2.24) is 9.88 Å². The Bertz CT molecular complexity index is 1060. The van der Waals surface area contributed by atoms with Crippen LogP contribution in [-0.4, -0.2) is 35.4 Å². The fourth-order valence-corrected chi connectivity index (χ4v) is 3.42. The lowest BCUT2D eigenvalue weighted by Gasteiger charge is -2.23. The third-order valence-corrected chi connectivity index (χ3v) is 5.19. The molecule has 1 amide bonds. The van der Waals surface area contributed by atoms with Crippen LogP contribution in [-0.2, 0) is 16.0 Å². The van der Waals surface area contributed by atoms with Gasteiger partial charge in [0.1, 0.15) is 5.84 Å². The number of hydrogen-bond acceptors (Lipinski definition) is 4. The summed E-state index contributed by atoms with van der Waals surface area (Å²) >= 11 is 0. The smallest absolute Gasteiger partial charge is 0.311 e. The molecule has 7 heteroatoms. The van der Waals surface area contributed by atoms with E-state index in [-0.39, 0.29) is 11.7 Å². The number of amides is 1. The SMILES string of the molecule is COC(=O)C(Cc1cccc(C(=N)N)c1)C(C)NC(=O)c1ccc(-n2cccc2)cc1. The number of amidine groups is 1. The molecule has 160 valence electrons. The molecule has 1 aromatic heterocycles. The first-order valence-corrected chi connectivity index (χ1v) is 9.94. The van der Waals surface area contributed by atoms with Crippen LogP contribution < -0.4 is 11.1 Å². The zero-order valence-corrected chi connectivity index (χ0v) is 17.5. The third kappa shape index (κ3) is 5.39. The fourth-order valence-electron chi connectivity index (χ4n) is 3.42. The zero-order chi connectivity index (χ0) is 22.4. The zero-order valence-electron chi connectivity index (χ0n) is 17.5. The summed E-state index contributed by atoms with van der Waals surface area (Å²) in [6.07, 6.45) is 4.21. The molecule has 0 spiro atoms. The van der Waals surface area contributed by atoms with E-state index in [9.17, 15) is 9.59 Å². The van der Waals surface area contributed by atoms with Crippen molar-refractivity contribution in [3.63, 3.8) is 0 Å². The van der Waals surface area contributed by atoms with E-state index in [1.165, 1.54) is 7.11 Å². The number of methoxy groups -OCH3 is 1. The van der Waals surface area contributed by atoms with Crippen molar-refractivity contribution in [1.29, 1.82) is 5.41 Å². The topological polar surface area (TPSA) is 110 Å². The molecule has 2 unspecified atom stereocenters. The van der Waals surface area contributed by atoms with Crippen molar-refractivity contribution in [2.45, 2.75) is 19.4 Å². The average molecular weight is 418 g/mol. The molecule has 0 fully saturated rings. The van der Waals surface area contributed by atoms with Gasteiger partial charge in [-0.1, -0.05) is 18.2 Å². The number of carbonyl (C=O) groups is 2. The van der Waals surface area contributed by atoms with Gasteiger partial charge in [-0.3, -0.25) is 15.0 Å². The maximum Gasteiger partial charge on any atom is 0.311 e. The van der Waals surface area contributed by atoms with Crippen molar-refractivity contribution in [2.75, 3.05) is 7.11 Å². The first-order chi connectivity index (χ1) is 14.9. The molecule has 31 heavy (non-hydrogen) atoms. The molecular formula is C24H26N4O3. The van der Waals surface area contributed by atoms with E-state index in [0.717, 1.165) is 11.3 Å². The summed E-state index contributed by atoms with van der Waals surface area (Å²) in [4.78, 5) is 25.2. The van der Waals surface area contributed by atoms with Crippen LogP contribution in [0.2, 0.25) is 0 Å². The Labute approximate surface area is 181 Å². The molecule has 7 nitrogen and oxygen atoms in total. The van der Waals surface area contributed by atoms with E-state index < -0.39 is 17.9 Å². The molecule has 0 aliphatic rings. The molecule has 0 saturated heterocycles. The normalized spacial score (nSPS) is 12.6. The Hall–Kier alpha value is -3.87. The number of rotatable bonds is 8. The molecule has 1 heterocycles. The molecule has 4 N–H and O–H groups in total. The second-order valence-electron chi connectivity index (χ2n) is 7.35. The number of ether oxygens (including phenoxy) is 1. The summed E-state index contributed by atoms with van der Waals surface area (Å²) in [6.45, 7) is 1.78.